The van der Waals surface area contributed by atoms with Crippen molar-refractivity contribution in [1.29, 1.82) is 0 Å². The van der Waals surface area contributed by atoms with Crippen molar-refractivity contribution in [3.63, 3.8) is 0 Å². The van der Waals surface area contributed by atoms with Gasteiger partial charge >= 0.3 is 0 Å². The van der Waals surface area contributed by atoms with Gasteiger partial charge in [0.2, 0.25) is 5.91 Å². The van der Waals surface area contributed by atoms with E-state index in [1.807, 2.05) is 26.0 Å². The largest absolute Gasteiger partial charge is 0.338 e. The maximum absolute atomic E-state index is 13.0. The normalized spacial score (nSPS) is 12.4. The summed E-state index contributed by atoms with van der Waals surface area (Å²) in [6, 6.07) is 10.0. The molecule has 130 valence electrons. The number of amides is 1. The molecule has 0 saturated heterocycles. The molecule has 0 aliphatic rings. The number of halogens is 2. The van der Waals surface area contributed by atoms with Crippen molar-refractivity contribution < 1.29 is 9.18 Å². The van der Waals surface area contributed by atoms with E-state index in [9.17, 15) is 9.18 Å². The van der Waals surface area contributed by atoms with Crippen LogP contribution >= 0.6 is 22.9 Å². The number of rotatable bonds is 7. The zero-order chi connectivity index (χ0) is 17.7. The predicted molar refractivity (Wildman–Crippen MR) is 97.9 cm³/mol. The molecule has 1 aromatic heterocycles. The molecule has 1 heterocycles. The summed E-state index contributed by atoms with van der Waals surface area (Å²) >= 11 is 7.50. The van der Waals surface area contributed by atoms with Gasteiger partial charge in [-0.05, 0) is 43.3 Å². The van der Waals surface area contributed by atoms with Gasteiger partial charge in [0.15, 0.2) is 0 Å². The lowest BCUT2D eigenvalue weighted by Gasteiger charge is -2.28. The van der Waals surface area contributed by atoms with Crippen LogP contribution in [0.2, 0.25) is 4.34 Å². The molecule has 1 unspecified atom stereocenters. The first-order chi connectivity index (χ1) is 11.4. The molecular weight excluding hydrogens is 347 g/mol. The molecule has 0 fully saturated rings. The Labute approximate surface area is 151 Å². The Morgan fingerprint density at radius 1 is 1.25 bits per heavy atom. The Balaban J connectivity index is 1.97. The molecule has 0 aliphatic heterocycles. The van der Waals surface area contributed by atoms with Gasteiger partial charge in [-0.25, -0.2) is 4.39 Å². The Hall–Kier alpha value is -1.43. The van der Waals surface area contributed by atoms with Crippen LogP contribution in [-0.2, 0) is 11.3 Å². The van der Waals surface area contributed by atoms with E-state index in [4.69, 9.17) is 11.6 Å². The van der Waals surface area contributed by atoms with Crippen molar-refractivity contribution in [3.8, 4) is 0 Å². The highest BCUT2D eigenvalue weighted by atomic mass is 35.5. The average Bonchev–Trinajstić information content (AvgIpc) is 2.98. The van der Waals surface area contributed by atoms with Crippen LogP contribution in [0.25, 0.3) is 0 Å². The first-order valence-corrected chi connectivity index (χ1v) is 9.07. The summed E-state index contributed by atoms with van der Waals surface area (Å²) in [6.45, 7) is 5.80. The minimum atomic E-state index is -0.272. The van der Waals surface area contributed by atoms with Crippen molar-refractivity contribution in [3.05, 3.63) is 57.0 Å². The van der Waals surface area contributed by atoms with E-state index in [2.05, 4.69) is 4.90 Å². The summed E-state index contributed by atoms with van der Waals surface area (Å²) in [6.07, 6.45) is 0. The molecule has 1 amide bonds. The van der Waals surface area contributed by atoms with Crippen molar-refractivity contribution in [2.24, 2.45) is 0 Å². The van der Waals surface area contributed by atoms with E-state index >= 15 is 0 Å². The molecule has 24 heavy (non-hydrogen) atoms. The first kappa shape index (κ1) is 18.9. The van der Waals surface area contributed by atoms with Crippen LogP contribution < -0.4 is 0 Å². The molecule has 0 radical (unpaired) electrons. The second-order valence-corrected chi connectivity index (χ2v) is 7.54. The highest BCUT2D eigenvalue weighted by molar-refractivity contribution is 7.16. The van der Waals surface area contributed by atoms with E-state index in [-0.39, 0.29) is 17.8 Å². The lowest BCUT2D eigenvalue weighted by atomic mass is 10.1. The van der Waals surface area contributed by atoms with Gasteiger partial charge in [-0.1, -0.05) is 30.7 Å². The summed E-state index contributed by atoms with van der Waals surface area (Å²) in [5.74, 6) is -0.233. The first-order valence-electron chi connectivity index (χ1n) is 7.88. The number of likely N-dealkylation sites (N-methyl/N-ethyl adjacent to an activating group) is 2. The Morgan fingerprint density at radius 2 is 1.92 bits per heavy atom. The van der Waals surface area contributed by atoms with E-state index in [0.717, 1.165) is 21.3 Å². The summed E-state index contributed by atoms with van der Waals surface area (Å²) in [5, 5.41) is 0. The topological polar surface area (TPSA) is 23.6 Å². The van der Waals surface area contributed by atoms with E-state index < -0.39 is 0 Å². The smallest absolute Gasteiger partial charge is 0.237 e. The van der Waals surface area contributed by atoms with Gasteiger partial charge in [-0.2, -0.15) is 0 Å². The molecule has 0 bridgehead atoms. The fourth-order valence-corrected chi connectivity index (χ4v) is 3.55. The highest BCUT2D eigenvalue weighted by Gasteiger charge is 2.20. The van der Waals surface area contributed by atoms with Crippen molar-refractivity contribution >= 4 is 28.8 Å². The van der Waals surface area contributed by atoms with Crippen LogP contribution in [0.4, 0.5) is 4.39 Å². The molecular formula is C18H22ClFN2OS. The standard InChI is InChI=1S/C18H22ClFN2OS/c1-4-22(11-16-9-10-17(19)24-16)12-18(23)21(3)13(2)14-5-7-15(20)8-6-14/h5-10,13H,4,11-12H2,1-3H3. The Bertz CT molecular complexity index is 674. The lowest BCUT2D eigenvalue weighted by molar-refractivity contribution is -0.133. The third-order valence-electron chi connectivity index (χ3n) is 4.14. The highest BCUT2D eigenvalue weighted by Crippen LogP contribution is 2.23. The molecule has 1 atom stereocenters. The van der Waals surface area contributed by atoms with Gasteiger partial charge in [-0.3, -0.25) is 9.69 Å². The van der Waals surface area contributed by atoms with Crippen LogP contribution in [0.3, 0.4) is 0 Å². The third kappa shape index (κ3) is 5.03. The molecule has 1 aromatic carbocycles. The second-order valence-electron chi connectivity index (χ2n) is 5.74. The maximum atomic E-state index is 13.0. The SMILES string of the molecule is CCN(CC(=O)N(C)C(C)c1ccc(F)cc1)Cc1ccc(Cl)s1. The quantitative estimate of drug-likeness (QED) is 0.714. The molecule has 0 N–H and O–H groups in total. The molecule has 6 heteroatoms. The third-order valence-corrected chi connectivity index (χ3v) is 5.36. The lowest BCUT2D eigenvalue weighted by Crippen LogP contribution is -2.39. The second kappa shape index (κ2) is 8.60. The Kier molecular flexibility index (Phi) is 6.78. The number of hydrogen-bond donors (Lipinski definition) is 0. The van der Waals surface area contributed by atoms with Gasteiger partial charge < -0.3 is 4.90 Å². The van der Waals surface area contributed by atoms with E-state index in [1.54, 1.807) is 24.1 Å². The van der Waals surface area contributed by atoms with Crippen LogP contribution in [-0.4, -0.2) is 35.8 Å². The minimum Gasteiger partial charge on any atom is -0.338 e. The monoisotopic (exact) mass is 368 g/mol. The number of carbonyl (C=O) groups is 1. The molecule has 2 aromatic rings. The number of thiophene rings is 1. The minimum absolute atomic E-state index is 0.0383. The van der Waals surface area contributed by atoms with Gasteiger partial charge in [-0.15, -0.1) is 11.3 Å². The number of nitrogens with zero attached hydrogens (tertiary/aromatic N) is 2. The molecule has 0 spiro atoms. The van der Waals surface area contributed by atoms with Crippen molar-refractivity contribution in [2.45, 2.75) is 26.4 Å². The molecule has 3 nitrogen and oxygen atoms in total. The number of benzene rings is 1. The fourth-order valence-electron chi connectivity index (χ4n) is 2.42. The number of carbonyl (C=O) groups excluding carboxylic acids is 1. The van der Waals surface area contributed by atoms with Crippen LogP contribution in [0.15, 0.2) is 36.4 Å². The van der Waals surface area contributed by atoms with Crippen LogP contribution in [0, 0.1) is 5.82 Å². The number of hydrogen-bond acceptors (Lipinski definition) is 3. The molecule has 2 rings (SSSR count). The van der Waals surface area contributed by atoms with Crippen molar-refractivity contribution in [1.82, 2.24) is 9.80 Å². The van der Waals surface area contributed by atoms with E-state index in [0.29, 0.717) is 13.1 Å². The van der Waals surface area contributed by atoms with Crippen LogP contribution in [0.1, 0.15) is 30.3 Å². The fraction of sp³-hybridized carbons (Fsp3) is 0.389. The van der Waals surface area contributed by atoms with Crippen LogP contribution in [0.5, 0.6) is 0 Å². The van der Waals surface area contributed by atoms with Gasteiger partial charge in [0.05, 0.1) is 16.9 Å². The summed E-state index contributed by atoms with van der Waals surface area (Å²) < 4.78 is 13.8. The summed E-state index contributed by atoms with van der Waals surface area (Å²) in [4.78, 5) is 17.5. The van der Waals surface area contributed by atoms with E-state index in [1.165, 1.54) is 23.5 Å². The maximum Gasteiger partial charge on any atom is 0.237 e. The molecule has 0 saturated carbocycles. The van der Waals surface area contributed by atoms with Gasteiger partial charge in [0, 0.05) is 18.5 Å². The van der Waals surface area contributed by atoms with Crippen molar-refractivity contribution in [2.75, 3.05) is 20.1 Å². The van der Waals surface area contributed by atoms with Gasteiger partial charge in [0.25, 0.3) is 0 Å². The summed E-state index contributed by atoms with van der Waals surface area (Å²) in [5.41, 5.74) is 0.917. The predicted octanol–water partition coefficient (Wildman–Crippen LogP) is 4.58. The zero-order valence-electron chi connectivity index (χ0n) is 14.1. The Morgan fingerprint density at radius 3 is 2.46 bits per heavy atom. The van der Waals surface area contributed by atoms with Gasteiger partial charge in [0.1, 0.15) is 5.82 Å². The summed E-state index contributed by atoms with van der Waals surface area (Å²) in [7, 11) is 1.78. The molecule has 0 aliphatic carbocycles. The average molecular weight is 369 g/mol. The zero-order valence-corrected chi connectivity index (χ0v) is 15.7.